The molecule has 4 heteroatoms. The maximum Gasteiger partial charge on any atom is 0.0890 e. The van der Waals surface area contributed by atoms with E-state index < -0.39 is 0 Å². The van der Waals surface area contributed by atoms with Gasteiger partial charge in [-0.1, -0.05) is 12.1 Å². The van der Waals surface area contributed by atoms with Crippen molar-refractivity contribution in [2.75, 3.05) is 0 Å². The van der Waals surface area contributed by atoms with Crippen LogP contribution in [0.25, 0.3) is 11.0 Å². The molecule has 0 radical (unpaired) electrons. The summed E-state index contributed by atoms with van der Waals surface area (Å²) in [4.78, 5) is 8.83. The number of rotatable bonds is 0. The summed E-state index contributed by atoms with van der Waals surface area (Å²) < 4.78 is 0. The number of halogens is 1. The molecule has 0 fully saturated rings. The molecule has 1 aromatic heterocycles. The summed E-state index contributed by atoms with van der Waals surface area (Å²) in [5.41, 5.74) is 3.96. The molecular weight excluding hydrogens is 198 g/mol. The van der Waals surface area contributed by atoms with E-state index in [0.29, 0.717) is 0 Å². The SMILES string of the molecule is Cc1nc2ccccc2nc1C.Cl.N. The highest BCUT2D eigenvalue weighted by molar-refractivity contribution is 5.85. The first-order chi connectivity index (χ1) is 5.77. The summed E-state index contributed by atoms with van der Waals surface area (Å²) in [7, 11) is 0. The molecule has 14 heavy (non-hydrogen) atoms. The zero-order valence-electron chi connectivity index (χ0n) is 8.32. The van der Waals surface area contributed by atoms with E-state index in [1.807, 2.05) is 38.1 Å². The maximum atomic E-state index is 4.41. The Labute approximate surface area is 89.6 Å². The van der Waals surface area contributed by atoms with Crippen molar-refractivity contribution < 1.29 is 0 Å². The first-order valence-electron chi connectivity index (χ1n) is 3.97. The van der Waals surface area contributed by atoms with Crippen molar-refractivity contribution in [1.29, 1.82) is 0 Å². The first-order valence-corrected chi connectivity index (χ1v) is 3.97. The van der Waals surface area contributed by atoms with Crippen molar-refractivity contribution in [2.45, 2.75) is 13.8 Å². The molecule has 0 aliphatic heterocycles. The molecule has 0 unspecified atom stereocenters. The molecule has 3 N–H and O–H groups in total. The van der Waals surface area contributed by atoms with Crippen LogP contribution in [0, 0.1) is 13.8 Å². The number of aromatic nitrogens is 2. The first kappa shape index (κ1) is 12.8. The third-order valence-electron chi connectivity index (χ3n) is 1.98. The molecule has 1 heterocycles. The minimum absolute atomic E-state index is 0. The van der Waals surface area contributed by atoms with Crippen LogP contribution in [0.2, 0.25) is 0 Å². The number of nitrogens with zero attached hydrogens (tertiary/aromatic N) is 2. The van der Waals surface area contributed by atoms with Crippen LogP contribution >= 0.6 is 12.4 Å². The van der Waals surface area contributed by atoms with E-state index in [1.54, 1.807) is 0 Å². The van der Waals surface area contributed by atoms with Crippen molar-refractivity contribution >= 4 is 23.4 Å². The zero-order chi connectivity index (χ0) is 8.55. The molecule has 3 nitrogen and oxygen atoms in total. The van der Waals surface area contributed by atoms with E-state index in [2.05, 4.69) is 9.97 Å². The average molecular weight is 212 g/mol. The van der Waals surface area contributed by atoms with Crippen LogP contribution in [0.5, 0.6) is 0 Å². The second-order valence-electron chi connectivity index (χ2n) is 2.88. The summed E-state index contributed by atoms with van der Waals surface area (Å²) in [6, 6.07) is 7.92. The Kier molecular flexibility index (Phi) is 4.47. The molecule has 0 saturated heterocycles. The number of hydrogen-bond donors (Lipinski definition) is 1. The van der Waals surface area contributed by atoms with E-state index >= 15 is 0 Å². The van der Waals surface area contributed by atoms with Crippen molar-refractivity contribution in [3.05, 3.63) is 35.7 Å². The largest absolute Gasteiger partial charge is 0.344 e. The Morgan fingerprint density at radius 2 is 1.21 bits per heavy atom. The van der Waals surface area contributed by atoms with Crippen molar-refractivity contribution in [3.8, 4) is 0 Å². The fourth-order valence-corrected chi connectivity index (χ4v) is 1.18. The lowest BCUT2D eigenvalue weighted by molar-refractivity contribution is 1.10. The fourth-order valence-electron chi connectivity index (χ4n) is 1.18. The molecule has 0 atom stereocenters. The Balaban J connectivity index is 0.000000845. The molecule has 1 aromatic carbocycles. The van der Waals surface area contributed by atoms with Gasteiger partial charge >= 0.3 is 0 Å². The van der Waals surface area contributed by atoms with Gasteiger partial charge in [-0.15, -0.1) is 12.4 Å². The maximum absolute atomic E-state index is 4.41. The summed E-state index contributed by atoms with van der Waals surface area (Å²) in [5, 5.41) is 0. The van der Waals surface area contributed by atoms with Gasteiger partial charge in [-0.2, -0.15) is 0 Å². The van der Waals surface area contributed by atoms with Gasteiger partial charge in [-0.05, 0) is 26.0 Å². The smallest absolute Gasteiger partial charge is 0.0890 e. The van der Waals surface area contributed by atoms with Crippen LogP contribution < -0.4 is 6.15 Å². The van der Waals surface area contributed by atoms with Gasteiger partial charge in [0, 0.05) is 0 Å². The lowest BCUT2D eigenvalue weighted by atomic mass is 10.2. The second-order valence-corrected chi connectivity index (χ2v) is 2.88. The van der Waals surface area contributed by atoms with Crippen LogP contribution in [-0.4, -0.2) is 9.97 Å². The molecule has 0 amide bonds. The number of hydrogen-bond acceptors (Lipinski definition) is 3. The molecule has 0 bridgehead atoms. The number of para-hydroxylation sites is 2. The third kappa shape index (κ3) is 2.19. The van der Waals surface area contributed by atoms with Gasteiger partial charge < -0.3 is 6.15 Å². The number of aryl methyl sites for hydroxylation is 2. The predicted molar refractivity (Wildman–Crippen MR) is 61.3 cm³/mol. The normalized spacial score (nSPS) is 9.00. The van der Waals surface area contributed by atoms with Gasteiger partial charge in [0.15, 0.2) is 0 Å². The van der Waals surface area contributed by atoms with E-state index in [4.69, 9.17) is 0 Å². The van der Waals surface area contributed by atoms with Gasteiger partial charge in [-0.3, -0.25) is 0 Å². The highest BCUT2D eigenvalue weighted by Crippen LogP contribution is 2.10. The Morgan fingerprint density at radius 3 is 1.57 bits per heavy atom. The molecule has 0 aliphatic carbocycles. The number of fused-ring (bicyclic) bond motifs is 1. The quantitative estimate of drug-likeness (QED) is 0.729. The van der Waals surface area contributed by atoms with Gasteiger partial charge in [0.1, 0.15) is 0 Å². The molecule has 0 saturated carbocycles. The van der Waals surface area contributed by atoms with Crippen LogP contribution in [-0.2, 0) is 0 Å². The summed E-state index contributed by atoms with van der Waals surface area (Å²) >= 11 is 0. The second kappa shape index (κ2) is 4.88. The van der Waals surface area contributed by atoms with E-state index in [-0.39, 0.29) is 18.6 Å². The van der Waals surface area contributed by atoms with E-state index in [1.165, 1.54) is 0 Å². The molecule has 2 aromatic rings. The van der Waals surface area contributed by atoms with Crippen LogP contribution in [0.15, 0.2) is 24.3 Å². The lowest BCUT2D eigenvalue weighted by Crippen LogP contribution is -1.92. The summed E-state index contributed by atoms with van der Waals surface area (Å²) in [6.07, 6.45) is 0. The Hall–Kier alpha value is -1.19. The van der Waals surface area contributed by atoms with Crippen LogP contribution in [0.3, 0.4) is 0 Å². The highest BCUT2D eigenvalue weighted by atomic mass is 35.5. The molecule has 2 rings (SSSR count). The zero-order valence-corrected chi connectivity index (χ0v) is 9.14. The topological polar surface area (TPSA) is 60.8 Å². The van der Waals surface area contributed by atoms with Crippen molar-refractivity contribution in [3.63, 3.8) is 0 Å². The summed E-state index contributed by atoms with van der Waals surface area (Å²) in [5.74, 6) is 0. The molecule has 0 spiro atoms. The van der Waals surface area contributed by atoms with Crippen molar-refractivity contribution in [2.24, 2.45) is 0 Å². The minimum atomic E-state index is 0. The third-order valence-corrected chi connectivity index (χ3v) is 1.98. The van der Waals surface area contributed by atoms with Crippen molar-refractivity contribution in [1.82, 2.24) is 16.1 Å². The molecule has 76 valence electrons. The van der Waals surface area contributed by atoms with Gasteiger partial charge in [0.2, 0.25) is 0 Å². The average Bonchev–Trinajstić information content (AvgIpc) is 2.07. The van der Waals surface area contributed by atoms with Crippen LogP contribution in [0.4, 0.5) is 0 Å². The lowest BCUT2D eigenvalue weighted by Gasteiger charge is -2.00. The van der Waals surface area contributed by atoms with Gasteiger partial charge in [0.25, 0.3) is 0 Å². The molecule has 0 aliphatic rings. The highest BCUT2D eigenvalue weighted by Gasteiger charge is 1.98. The Bertz CT molecular complexity index is 388. The van der Waals surface area contributed by atoms with Gasteiger partial charge in [-0.25, -0.2) is 9.97 Å². The monoisotopic (exact) mass is 211 g/mol. The predicted octanol–water partition coefficient (Wildman–Crippen LogP) is 2.83. The minimum Gasteiger partial charge on any atom is -0.344 e. The fraction of sp³-hybridized carbons (Fsp3) is 0.200. The molecular formula is C10H14ClN3. The number of benzene rings is 1. The van der Waals surface area contributed by atoms with Gasteiger partial charge in [0.05, 0.1) is 22.4 Å². The van der Waals surface area contributed by atoms with E-state index in [0.717, 1.165) is 22.4 Å². The van der Waals surface area contributed by atoms with Crippen LogP contribution in [0.1, 0.15) is 11.4 Å². The summed E-state index contributed by atoms with van der Waals surface area (Å²) in [6.45, 7) is 3.96. The Morgan fingerprint density at radius 1 is 0.857 bits per heavy atom. The van der Waals surface area contributed by atoms with E-state index in [9.17, 15) is 0 Å². The standard InChI is InChI=1S/C10H10N2.ClH.H3N/c1-7-8(2)12-10-6-4-3-5-9(10)11-7;;/h3-6H,1-2H3;1H;1H3.